The Bertz CT molecular complexity index is 1040. The van der Waals surface area contributed by atoms with Crippen LogP contribution in [0.1, 0.15) is 20.6 Å². The summed E-state index contributed by atoms with van der Waals surface area (Å²) in [7, 11) is 3.88. The number of carbonyl (C=O) groups is 2. The normalized spacial score (nSPS) is 16.7. The standard InChI is InChI=1S/C21H18N2O3S2/c1-22(2)13-7-9-14(10-8-13)23-18(15-5-3-11-27-15)17(20(25)21(23)26)19(24)16-6-4-12-28-16/h3-12,18,25H,1-2H3. The molecule has 0 saturated carbocycles. The molecule has 142 valence electrons. The molecule has 3 heterocycles. The maximum atomic E-state index is 13.1. The van der Waals surface area contributed by atoms with E-state index >= 15 is 0 Å². The first-order valence-electron chi connectivity index (χ1n) is 8.64. The lowest BCUT2D eigenvalue weighted by Crippen LogP contribution is -2.30. The number of carbonyl (C=O) groups excluding carboxylic acids is 2. The Balaban J connectivity index is 1.81. The third-order valence-electron chi connectivity index (χ3n) is 4.65. The molecule has 4 rings (SSSR count). The highest BCUT2D eigenvalue weighted by molar-refractivity contribution is 7.12. The maximum Gasteiger partial charge on any atom is 0.294 e. The molecule has 2 aromatic heterocycles. The number of hydrogen-bond acceptors (Lipinski definition) is 6. The van der Waals surface area contributed by atoms with Crippen LogP contribution in [0.5, 0.6) is 0 Å². The number of Topliss-reactive ketones (excluding diaryl/α,β-unsaturated/α-hetero) is 1. The van der Waals surface area contributed by atoms with Crippen molar-refractivity contribution in [3.05, 3.63) is 80.4 Å². The maximum absolute atomic E-state index is 13.1. The number of rotatable bonds is 5. The summed E-state index contributed by atoms with van der Waals surface area (Å²) in [5.41, 5.74) is 1.76. The monoisotopic (exact) mass is 410 g/mol. The number of ketones is 1. The zero-order valence-electron chi connectivity index (χ0n) is 15.3. The van der Waals surface area contributed by atoms with E-state index in [0.29, 0.717) is 10.6 Å². The second-order valence-corrected chi connectivity index (χ2v) is 8.50. The third-order valence-corrected chi connectivity index (χ3v) is 6.45. The summed E-state index contributed by atoms with van der Waals surface area (Å²) >= 11 is 2.75. The van der Waals surface area contributed by atoms with Crippen molar-refractivity contribution in [1.82, 2.24) is 0 Å². The van der Waals surface area contributed by atoms with Crippen LogP contribution in [-0.4, -0.2) is 30.9 Å². The number of amides is 1. The van der Waals surface area contributed by atoms with Gasteiger partial charge in [-0.2, -0.15) is 0 Å². The molecule has 0 aliphatic carbocycles. The average Bonchev–Trinajstić information content (AvgIpc) is 3.43. The van der Waals surface area contributed by atoms with E-state index in [1.165, 1.54) is 27.6 Å². The Morgan fingerprint density at radius 1 is 1.04 bits per heavy atom. The summed E-state index contributed by atoms with van der Waals surface area (Å²) in [5.74, 6) is -1.35. The molecule has 1 unspecified atom stereocenters. The number of aliphatic hydroxyl groups excluding tert-OH is 1. The second kappa shape index (κ2) is 7.26. The van der Waals surface area contributed by atoms with Crippen LogP contribution < -0.4 is 9.80 Å². The van der Waals surface area contributed by atoms with E-state index in [0.717, 1.165) is 10.6 Å². The fourth-order valence-electron chi connectivity index (χ4n) is 3.27. The molecule has 3 aromatic rings. The Kier molecular flexibility index (Phi) is 4.78. The first-order valence-corrected chi connectivity index (χ1v) is 10.4. The lowest BCUT2D eigenvalue weighted by Gasteiger charge is -2.26. The van der Waals surface area contributed by atoms with Gasteiger partial charge in [-0.25, -0.2) is 0 Å². The van der Waals surface area contributed by atoms with E-state index in [9.17, 15) is 14.7 Å². The lowest BCUT2D eigenvalue weighted by molar-refractivity contribution is -0.117. The van der Waals surface area contributed by atoms with Gasteiger partial charge in [-0.15, -0.1) is 22.7 Å². The molecule has 1 atom stereocenters. The fourth-order valence-corrected chi connectivity index (χ4v) is 4.77. The van der Waals surface area contributed by atoms with Gasteiger partial charge in [0.15, 0.2) is 5.76 Å². The van der Waals surface area contributed by atoms with E-state index in [-0.39, 0.29) is 11.4 Å². The Morgan fingerprint density at radius 2 is 1.71 bits per heavy atom. The number of benzene rings is 1. The molecule has 0 bridgehead atoms. The highest BCUT2D eigenvalue weighted by atomic mass is 32.1. The van der Waals surface area contributed by atoms with Gasteiger partial charge < -0.3 is 10.0 Å². The average molecular weight is 411 g/mol. The molecule has 0 spiro atoms. The zero-order valence-corrected chi connectivity index (χ0v) is 17.0. The van der Waals surface area contributed by atoms with Crippen LogP contribution in [0.25, 0.3) is 0 Å². The van der Waals surface area contributed by atoms with E-state index in [2.05, 4.69) is 0 Å². The van der Waals surface area contributed by atoms with E-state index in [1.54, 1.807) is 17.5 Å². The van der Waals surface area contributed by atoms with Crippen molar-refractivity contribution in [3.8, 4) is 0 Å². The predicted molar refractivity (Wildman–Crippen MR) is 114 cm³/mol. The van der Waals surface area contributed by atoms with Crippen LogP contribution in [-0.2, 0) is 4.79 Å². The molecule has 0 fully saturated rings. The van der Waals surface area contributed by atoms with Gasteiger partial charge in [0.1, 0.15) is 6.04 Å². The minimum Gasteiger partial charge on any atom is -0.503 e. The molecular formula is C21H18N2O3S2. The SMILES string of the molecule is CN(C)c1ccc(N2C(=O)C(O)=C(C(=O)c3cccs3)C2c2cccs2)cc1. The summed E-state index contributed by atoms with van der Waals surface area (Å²) in [6.07, 6.45) is 0. The molecule has 28 heavy (non-hydrogen) atoms. The lowest BCUT2D eigenvalue weighted by atomic mass is 10.0. The van der Waals surface area contributed by atoms with Crippen molar-refractivity contribution in [1.29, 1.82) is 0 Å². The second-order valence-electron chi connectivity index (χ2n) is 6.57. The minimum absolute atomic E-state index is 0.131. The van der Waals surface area contributed by atoms with Crippen molar-refractivity contribution in [3.63, 3.8) is 0 Å². The molecule has 0 radical (unpaired) electrons. The Morgan fingerprint density at radius 3 is 2.29 bits per heavy atom. The van der Waals surface area contributed by atoms with Crippen molar-refractivity contribution in [2.45, 2.75) is 6.04 Å². The van der Waals surface area contributed by atoms with Crippen molar-refractivity contribution < 1.29 is 14.7 Å². The molecule has 1 aliphatic heterocycles. The van der Waals surface area contributed by atoms with Crippen LogP contribution in [0.4, 0.5) is 11.4 Å². The molecule has 1 amide bonds. The topological polar surface area (TPSA) is 60.9 Å². The largest absolute Gasteiger partial charge is 0.503 e. The van der Waals surface area contributed by atoms with E-state index in [1.807, 2.05) is 60.8 Å². The number of nitrogens with zero attached hydrogens (tertiary/aromatic N) is 2. The number of aliphatic hydroxyl groups is 1. The number of anilines is 2. The van der Waals surface area contributed by atoms with Crippen LogP contribution in [0.3, 0.4) is 0 Å². The van der Waals surface area contributed by atoms with Gasteiger partial charge in [0.2, 0.25) is 5.78 Å². The van der Waals surface area contributed by atoms with E-state index in [4.69, 9.17) is 0 Å². The first kappa shape index (κ1) is 18.5. The van der Waals surface area contributed by atoms with Gasteiger partial charge in [0.05, 0.1) is 10.5 Å². The van der Waals surface area contributed by atoms with Crippen molar-refractivity contribution in [2.75, 3.05) is 23.9 Å². The van der Waals surface area contributed by atoms with Gasteiger partial charge in [-0.3, -0.25) is 14.5 Å². The summed E-state index contributed by atoms with van der Waals surface area (Å²) < 4.78 is 0. The molecule has 5 nitrogen and oxygen atoms in total. The third kappa shape index (κ3) is 3.02. The van der Waals surface area contributed by atoms with Gasteiger partial charge >= 0.3 is 0 Å². The van der Waals surface area contributed by atoms with Crippen molar-refractivity contribution in [2.24, 2.45) is 0 Å². The Hall–Kier alpha value is -2.90. The predicted octanol–water partition coefficient (Wildman–Crippen LogP) is 4.66. The summed E-state index contributed by atoms with van der Waals surface area (Å²) in [4.78, 5) is 30.9. The number of hydrogen-bond donors (Lipinski definition) is 1. The quantitative estimate of drug-likeness (QED) is 0.622. The molecular weight excluding hydrogens is 392 g/mol. The van der Waals surface area contributed by atoms with Crippen LogP contribution in [0.2, 0.25) is 0 Å². The van der Waals surface area contributed by atoms with Crippen LogP contribution >= 0.6 is 22.7 Å². The first-order chi connectivity index (χ1) is 13.5. The molecule has 1 aliphatic rings. The van der Waals surface area contributed by atoms with Crippen LogP contribution in [0.15, 0.2) is 70.6 Å². The molecule has 7 heteroatoms. The van der Waals surface area contributed by atoms with Crippen molar-refractivity contribution >= 4 is 45.7 Å². The van der Waals surface area contributed by atoms with E-state index < -0.39 is 17.7 Å². The molecule has 1 N–H and O–H groups in total. The zero-order chi connectivity index (χ0) is 19.8. The summed E-state index contributed by atoms with van der Waals surface area (Å²) in [6, 6.07) is 14.1. The highest BCUT2D eigenvalue weighted by Crippen LogP contribution is 2.43. The molecule has 0 saturated heterocycles. The molecule has 1 aromatic carbocycles. The fraction of sp³-hybridized carbons (Fsp3) is 0.143. The van der Waals surface area contributed by atoms with Gasteiger partial charge in [-0.05, 0) is 47.2 Å². The highest BCUT2D eigenvalue weighted by Gasteiger charge is 2.45. The van der Waals surface area contributed by atoms with Gasteiger partial charge in [0.25, 0.3) is 5.91 Å². The smallest absolute Gasteiger partial charge is 0.294 e. The van der Waals surface area contributed by atoms with Gasteiger partial charge in [0, 0.05) is 30.3 Å². The summed E-state index contributed by atoms with van der Waals surface area (Å²) in [5, 5.41) is 14.3. The minimum atomic E-state index is -0.646. The summed E-state index contributed by atoms with van der Waals surface area (Å²) in [6.45, 7) is 0. The van der Waals surface area contributed by atoms with Gasteiger partial charge in [-0.1, -0.05) is 12.1 Å². The Labute approximate surface area is 170 Å². The van der Waals surface area contributed by atoms with Crippen LogP contribution in [0, 0.1) is 0 Å². The number of thiophene rings is 2.